The van der Waals surface area contributed by atoms with Crippen molar-refractivity contribution in [3.8, 4) is 0 Å². The van der Waals surface area contributed by atoms with Gasteiger partial charge < -0.3 is 10.2 Å². The largest absolute Gasteiger partial charge is 0.308 e. The summed E-state index contributed by atoms with van der Waals surface area (Å²) in [4.78, 5) is 2.47. The molecule has 0 bridgehead atoms. The minimum Gasteiger partial charge on any atom is -0.308 e. The quantitative estimate of drug-likeness (QED) is 0.879. The minimum atomic E-state index is 0.592. The van der Waals surface area contributed by atoms with E-state index in [9.17, 15) is 0 Å². The topological polar surface area (TPSA) is 15.3 Å². The maximum absolute atomic E-state index is 3.65. The number of nitrogens with zero attached hydrogens (tertiary/aromatic N) is 1. The predicted octanol–water partition coefficient (Wildman–Crippen LogP) is 2.38. The molecule has 100 valence electrons. The molecular weight excluding hydrogens is 240 g/mol. The van der Waals surface area contributed by atoms with E-state index in [1.165, 1.54) is 16.9 Å². The molecule has 0 radical (unpaired) electrons. The summed E-state index contributed by atoms with van der Waals surface area (Å²) in [5.74, 6) is 1.21. The molecule has 0 saturated heterocycles. The molecule has 1 aromatic rings. The third-order valence-electron chi connectivity index (χ3n) is 3.83. The number of nitrogens with one attached hydrogen (secondary N) is 1. The first-order chi connectivity index (χ1) is 8.70. The molecule has 18 heavy (non-hydrogen) atoms. The van der Waals surface area contributed by atoms with Crippen LogP contribution in [0.3, 0.4) is 0 Å². The van der Waals surface area contributed by atoms with Gasteiger partial charge in [0.05, 0.1) is 0 Å². The summed E-state index contributed by atoms with van der Waals surface area (Å²) in [7, 11) is 2.24. The molecule has 0 aliphatic carbocycles. The zero-order valence-electron chi connectivity index (χ0n) is 11.6. The molecule has 1 N–H and O–H groups in total. The number of hydrogen-bond donors (Lipinski definition) is 1. The van der Waals surface area contributed by atoms with Crippen LogP contribution in [0.5, 0.6) is 0 Å². The van der Waals surface area contributed by atoms with Crippen molar-refractivity contribution in [2.24, 2.45) is 0 Å². The van der Waals surface area contributed by atoms with Crippen LogP contribution in [-0.4, -0.2) is 42.6 Å². The molecule has 0 amide bonds. The van der Waals surface area contributed by atoms with Crippen molar-refractivity contribution in [2.75, 3.05) is 25.6 Å². The highest BCUT2D eigenvalue weighted by molar-refractivity contribution is 7.98. The second kappa shape index (κ2) is 6.60. The second-order valence-electron chi connectivity index (χ2n) is 5.29. The van der Waals surface area contributed by atoms with Crippen molar-refractivity contribution in [3.63, 3.8) is 0 Å². The number of hydrogen-bond acceptors (Lipinski definition) is 3. The Bertz CT molecular complexity index is 381. The fourth-order valence-electron chi connectivity index (χ4n) is 2.55. The van der Waals surface area contributed by atoms with E-state index < -0.39 is 0 Å². The number of benzene rings is 1. The molecule has 2 unspecified atom stereocenters. The van der Waals surface area contributed by atoms with Gasteiger partial charge in [-0.05, 0) is 37.8 Å². The first-order valence-electron chi connectivity index (χ1n) is 6.70. The lowest BCUT2D eigenvalue weighted by Crippen LogP contribution is -2.46. The summed E-state index contributed by atoms with van der Waals surface area (Å²) in [6, 6.07) is 10.0. The average molecular weight is 264 g/mol. The Hall–Kier alpha value is -0.510. The summed E-state index contributed by atoms with van der Waals surface area (Å²) in [5.41, 5.74) is 2.99. The van der Waals surface area contributed by atoms with E-state index >= 15 is 0 Å². The lowest BCUT2D eigenvalue weighted by atomic mass is 9.95. The van der Waals surface area contributed by atoms with Crippen LogP contribution in [0.1, 0.15) is 18.1 Å². The zero-order valence-corrected chi connectivity index (χ0v) is 12.5. The predicted molar refractivity (Wildman–Crippen MR) is 81.2 cm³/mol. The van der Waals surface area contributed by atoms with Gasteiger partial charge in [0.25, 0.3) is 0 Å². The molecule has 2 rings (SSSR count). The van der Waals surface area contributed by atoms with E-state index in [-0.39, 0.29) is 0 Å². The molecule has 0 saturated carbocycles. The van der Waals surface area contributed by atoms with Gasteiger partial charge >= 0.3 is 0 Å². The molecule has 0 aromatic heterocycles. The Morgan fingerprint density at radius 3 is 2.83 bits per heavy atom. The third kappa shape index (κ3) is 3.50. The number of likely N-dealkylation sites (N-methyl/N-ethyl adjacent to an activating group) is 1. The lowest BCUT2D eigenvalue weighted by Gasteiger charge is -2.32. The number of rotatable bonds is 5. The van der Waals surface area contributed by atoms with Crippen LogP contribution in [0.4, 0.5) is 0 Å². The highest BCUT2D eigenvalue weighted by Gasteiger charge is 2.20. The fraction of sp³-hybridized carbons (Fsp3) is 0.600. The molecular formula is C15H24N2S. The third-order valence-corrected chi connectivity index (χ3v) is 4.65. The molecule has 1 aliphatic heterocycles. The monoisotopic (exact) mass is 264 g/mol. The standard InChI is InChI=1S/C15H24N2S/c1-12(11-18-3)17(2)10-15-8-13-6-4-5-7-14(13)9-16-15/h4-7,12,15-16H,8-11H2,1-3H3. The van der Waals surface area contributed by atoms with E-state index in [0.29, 0.717) is 12.1 Å². The Morgan fingerprint density at radius 2 is 2.11 bits per heavy atom. The van der Waals surface area contributed by atoms with E-state index in [1.807, 2.05) is 11.8 Å². The van der Waals surface area contributed by atoms with Crippen LogP contribution >= 0.6 is 11.8 Å². The van der Waals surface area contributed by atoms with Crippen LogP contribution < -0.4 is 5.32 Å². The van der Waals surface area contributed by atoms with Crippen LogP contribution in [0.15, 0.2) is 24.3 Å². The molecule has 1 heterocycles. The van der Waals surface area contributed by atoms with Crippen molar-refractivity contribution >= 4 is 11.8 Å². The summed E-state index contributed by atoms with van der Waals surface area (Å²) in [6.07, 6.45) is 3.34. The van der Waals surface area contributed by atoms with Gasteiger partial charge in [-0.1, -0.05) is 24.3 Å². The molecule has 0 spiro atoms. The molecule has 2 atom stereocenters. The van der Waals surface area contributed by atoms with Crippen molar-refractivity contribution in [2.45, 2.75) is 32.0 Å². The summed E-state index contributed by atoms with van der Waals surface area (Å²) >= 11 is 1.93. The normalized spacial score (nSPS) is 20.8. The van der Waals surface area contributed by atoms with Gasteiger partial charge in [-0.25, -0.2) is 0 Å². The van der Waals surface area contributed by atoms with E-state index in [2.05, 4.69) is 54.7 Å². The van der Waals surface area contributed by atoms with Gasteiger partial charge in [-0.15, -0.1) is 0 Å². The molecule has 2 nitrogen and oxygen atoms in total. The van der Waals surface area contributed by atoms with Gasteiger partial charge in [0.15, 0.2) is 0 Å². The van der Waals surface area contributed by atoms with Crippen molar-refractivity contribution in [1.29, 1.82) is 0 Å². The van der Waals surface area contributed by atoms with E-state index in [1.54, 1.807) is 0 Å². The highest BCUT2D eigenvalue weighted by Crippen LogP contribution is 2.17. The molecule has 1 aliphatic rings. The van der Waals surface area contributed by atoms with Gasteiger partial charge in [0.1, 0.15) is 0 Å². The van der Waals surface area contributed by atoms with Crippen LogP contribution in [0.2, 0.25) is 0 Å². The molecule has 0 fully saturated rings. The van der Waals surface area contributed by atoms with Gasteiger partial charge in [-0.3, -0.25) is 0 Å². The Labute approximate surface area is 115 Å². The Balaban J connectivity index is 1.89. The minimum absolute atomic E-state index is 0.592. The van der Waals surface area contributed by atoms with Gasteiger partial charge in [-0.2, -0.15) is 11.8 Å². The van der Waals surface area contributed by atoms with Gasteiger partial charge in [0.2, 0.25) is 0 Å². The average Bonchev–Trinajstić information content (AvgIpc) is 2.39. The van der Waals surface area contributed by atoms with Crippen molar-refractivity contribution < 1.29 is 0 Å². The lowest BCUT2D eigenvalue weighted by molar-refractivity contribution is 0.239. The smallest absolute Gasteiger partial charge is 0.0238 e. The number of fused-ring (bicyclic) bond motifs is 1. The first-order valence-corrected chi connectivity index (χ1v) is 8.09. The Morgan fingerprint density at radius 1 is 1.39 bits per heavy atom. The van der Waals surface area contributed by atoms with E-state index in [4.69, 9.17) is 0 Å². The molecule has 1 aromatic carbocycles. The van der Waals surface area contributed by atoms with Crippen molar-refractivity contribution in [1.82, 2.24) is 10.2 Å². The first kappa shape index (κ1) is 13.9. The maximum atomic E-state index is 3.65. The summed E-state index contributed by atoms with van der Waals surface area (Å²) < 4.78 is 0. The van der Waals surface area contributed by atoms with Crippen LogP contribution in [-0.2, 0) is 13.0 Å². The van der Waals surface area contributed by atoms with Gasteiger partial charge in [0, 0.05) is 30.9 Å². The zero-order chi connectivity index (χ0) is 13.0. The maximum Gasteiger partial charge on any atom is 0.0238 e. The fourth-order valence-corrected chi connectivity index (χ4v) is 3.28. The second-order valence-corrected chi connectivity index (χ2v) is 6.21. The van der Waals surface area contributed by atoms with Crippen LogP contribution in [0.25, 0.3) is 0 Å². The Kier molecular flexibility index (Phi) is 5.10. The summed E-state index contributed by atoms with van der Waals surface area (Å²) in [5, 5.41) is 3.65. The SMILES string of the molecule is CSCC(C)N(C)CC1Cc2ccccc2CN1. The molecule has 3 heteroatoms. The van der Waals surface area contributed by atoms with Crippen LogP contribution in [0, 0.1) is 0 Å². The van der Waals surface area contributed by atoms with E-state index in [0.717, 1.165) is 19.5 Å². The van der Waals surface area contributed by atoms with Crippen molar-refractivity contribution in [3.05, 3.63) is 35.4 Å². The summed E-state index contributed by atoms with van der Waals surface area (Å²) in [6.45, 7) is 4.47. The number of thioether (sulfide) groups is 1. The highest BCUT2D eigenvalue weighted by atomic mass is 32.2.